The van der Waals surface area contributed by atoms with Gasteiger partial charge in [-0.25, -0.2) is 0 Å². The van der Waals surface area contributed by atoms with Crippen LogP contribution in [0.15, 0.2) is 52.2 Å². The van der Waals surface area contributed by atoms with E-state index in [9.17, 15) is 18.0 Å². The van der Waals surface area contributed by atoms with Gasteiger partial charge in [0.1, 0.15) is 5.56 Å². The molecular weight excluding hydrogens is 375 g/mol. The van der Waals surface area contributed by atoms with Gasteiger partial charge in [0.05, 0.1) is 0 Å². The summed E-state index contributed by atoms with van der Waals surface area (Å²) in [5, 5.41) is 9.68. The third-order valence-electron chi connectivity index (χ3n) is 4.21. The molecule has 27 heavy (non-hydrogen) atoms. The predicted octanol–water partition coefficient (Wildman–Crippen LogP) is 4.85. The molecule has 3 rings (SSSR count). The molecule has 1 aliphatic rings. The van der Waals surface area contributed by atoms with Crippen molar-refractivity contribution in [3.8, 4) is 0 Å². The number of aromatic amines is 1. The number of hydrogen-bond donors (Lipinski definition) is 2. The van der Waals surface area contributed by atoms with Crippen molar-refractivity contribution in [1.82, 2.24) is 4.98 Å². The first-order valence-electron chi connectivity index (χ1n) is 8.77. The number of aliphatic hydroxyl groups excluding tert-OH is 1. The lowest BCUT2D eigenvalue weighted by Crippen LogP contribution is -2.22. The molecule has 0 aliphatic heterocycles. The molecule has 0 bridgehead atoms. The largest absolute Gasteiger partial charge is 0.421 e. The molecule has 3 nitrogen and oxygen atoms in total. The molecular formula is C20H20F3NO2S. The first-order valence-corrected chi connectivity index (χ1v) is 9.65. The Kier molecular flexibility index (Phi) is 6.11. The minimum Gasteiger partial charge on any atom is -0.396 e. The molecule has 144 valence electrons. The molecule has 0 unspecified atom stereocenters. The Morgan fingerprint density at radius 3 is 2.44 bits per heavy atom. The fourth-order valence-electron chi connectivity index (χ4n) is 2.67. The Labute approximate surface area is 159 Å². The van der Waals surface area contributed by atoms with E-state index in [1.54, 1.807) is 0 Å². The summed E-state index contributed by atoms with van der Waals surface area (Å²) >= 11 is 1.82. The molecule has 0 radical (unpaired) electrons. The van der Waals surface area contributed by atoms with Crippen molar-refractivity contribution in [2.75, 3.05) is 6.61 Å². The summed E-state index contributed by atoms with van der Waals surface area (Å²) in [7, 11) is 0. The van der Waals surface area contributed by atoms with E-state index in [1.165, 1.54) is 18.9 Å². The highest BCUT2D eigenvalue weighted by atomic mass is 32.2. The van der Waals surface area contributed by atoms with E-state index < -0.39 is 17.3 Å². The van der Waals surface area contributed by atoms with Crippen molar-refractivity contribution in [2.24, 2.45) is 0 Å². The Bertz CT molecular complexity index is 868. The van der Waals surface area contributed by atoms with Gasteiger partial charge in [-0.1, -0.05) is 18.2 Å². The number of pyridine rings is 1. The molecule has 1 fully saturated rings. The van der Waals surface area contributed by atoms with Crippen LogP contribution in [0.4, 0.5) is 13.2 Å². The Morgan fingerprint density at radius 1 is 1.19 bits per heavy atom. The second-order valence-electron chi connectivity index (χ2n) is 6.44. The third kappa shape index (κ3) is 5.26. The molecule has 1 aromatic heterocycles. The summed E-state index contributed by atoms with van der Waals surface area (Å²) in [4.78, 5) is 15.4. The van der Waals surface area contributed by atoms with Crippen LogP contribution in [0.3, 0.4) is 0 Å². The number of nitrogens with one attached hydrogen (secondary N) is 1. The molecule has 2 aromatic rings. The van der Waals surface area contributed by atoms with E-state index >= 15 is 0 Å². The Morgan fingerprint density at radius 2 is 1.89 bits per heavy atom. The molecule has 1 heterocycles. The van der Waals surface area contributed by atoms with E-state index in [-0.39, 0.29) is 6.61 Å². The number of benzene rings is 1. The van der Waals surface area contributed by atoms with Gasteiger partial charge in [-0.3, -0.25) is 4.79 Å². The number of hydrogen-bond acceptors (Lipinski definition) is 3. The van der Waals surface area contributed by atoms with E-state index in [0.717, 1.165) is 16.5 Å². The normalized spacial score (nSPS) is 15.2. The number of rotatable bonds is 7. The Balaban J connectivity index is 1.92. The number of alkyl halides is 3. The number of unbranched alkanes of at least 4 members (excludes halogenated alkanes) is 1. The van der Waals surface area contributed by atoms with Crippen LogP contribution >= 0.6 is 11.8 Å². The number of aliphatic hydroxyl groups is 1. The zero-order valence-electron chi connectivity index (χ0n) is 14.6. The van der Waals surface area contributed by atoms with E-state index in [2.05, 4.69) is 4.98 Å². The highest BCUT2D eigenvalue weighted by Crippen LogP contribution is 2.39. The fraction of sp³-hybridized carbons (Fsp3) is 0.350. The number of aromatic nitrogens is 1. The highest BCUT2D eigenvalue weighted by molar-refractivity contribution is 8.00. The second kappa shape index (κ2) is 8.35. The quantitative estimate of drug-likeness (QED) is 0.659. The minimum atomic E-state index is -4.69. The number of allylic oxidation sites excluding steroid dienone is 1. The van der Waals surface area contributed by atoms with Gasteiger partial charge < -0.3 is 10.1 Å². The first kappa shape index (κ1) is 19.8. The third-order valence-corrected chi connectivity index (χ3v) is 5.56. The molecule has 0 saturated heterocycles. The molecule has 0 spiro atoms. The topological polar surface area (TPSA) is 53.1 Å². The standard InChI is InChI=1S/C20H20F3NO2S/c21-20(22,23)17-10-11-18(24-19(17)26)16(3-1-2-12-25)13-4-6-14(7-5-13)27-15-8-9-15/h3-7,10-11,15,25H,1-2,8-9,12H2,(H,24,26)/b16-3-. The number of H-pyrrole nitrogens is 1. The number of thioether (sulfide) groups is 1. The van der Waals surface area contributed by atoms with E-state index in [1.807, 2.05) is 42.1 Å². The molecule has 2 N–H and O–H groups in total. The van der Waals surface area contributed by atoms with E-state index in [4.69, 9.17) is 5.11 Å². The monoisotopic (exact) mass is 395 g/mol. The van der Waals surface area contributed by atoms with Gasteiger partial charge in [-0.2, -0.15) is 13.2 Å². The zero-order valence-corrected chi connectivity index (χ0v) is 15.4. The van der Waals surface area contributed by atoms with Gasteiger partial charge >= 0.3 is 6.18 Å². The SMILES string of the molecule is O=c1[nH]c(/C(=C\CCCO)c2ccc(SC3CC3)cc2)ccc1C(F)(F)F. The van der Waals surface area contributed by atoms with Crippen molar-refractivity contribution in [2.45, 2.75) is 42.0 Å². The van der Waals surface area contributed by atoms with Crippen LogP contribution in [0.2, 0.25) is 0 Å². The maximum atomic E-state index is 12.8. The molecule has 0 atom stereocenters. The van der Waals surface area contributed by atoms with E-state index in [0.29, 0.717) is 29.4 Å². The molecule has 1 saturated carbocycles. The fourth-order valence-corrected chi connectivity index (χ4v) is 3.72. The smallest absolute Gasteiger partial charge is 0.396 e. The van der Waals surface area contributed by atoms with Crippen LogP contribution < -0.4 is 5.56 Å². The first-order chi connectivity index (χ1) is 12.9. The van der Waals surface area contributed by atoms with Crippen LogP contribution in [0.1, 0.15) is 42.5 Å². The van der Waals surface area contributed by atoms with Crippen molar-refractivity contribution < 1.29 is 18.3 Å². The van der Waals surface area contributed by atoms with Crippen LogP contribution in [0.5, 0.6) is 0 Å². The summed E-state index contributed by atoms with van der Waals surface area (Å²) in [6, 6.07) is 9.88. The summed E-state index contributed by atoms with van der Waals surface area (Å²) < 4.78 is 38.5. The van der Waals surface area contributed by atoms with Gasteiger partial charge in [-0.15, -0.1) is 11.8 Å². The van der Waals surface area contributed by atoms with Crippen molar-refractivity contribution in [3.05, 3.63) is 69.6 Å². The highest BCUT2D eigenvalue weighted by Gasteiger charge is 2.33. The van der Waals surface area contributed by atoms with Crippen molar-refractivity contribution in [3.63, 3.8) is 0 Å². The maximum absolute atomic E-state index is 12.8. The summed E-state index contributed by atoms with van der Waals surface area (Å²) in [5.74, 6) is 0. The average molecular weight is 395 g/mol. The molecule has 0 amide bonds. The van der Waals surface area contributed by atoms with Gasteiger partial charge in [-0.05, 0) is 55.5 Å². The molecule has 1 aliphatic carbocycles. The zero-order chi connectivity index (χ0) is 19.4. The summed E-state index contributed by atoms with van der Waals surface area (Å²) in [6.07, 6.45) is 0.681. The Hall–Kier alpha value is -1.99. The molecule has 7 heteroatoms. The molecule has 1 aromatic carbocycles. The van der Waals surface area contributed by atoms with Gasteiger partial charge in [0.25, 0.3) is 5.56 Å². The average Bonchev–Trinajstić information content (AvgIpc) is 3.43. The van der Waals surface area contributed by atoms with Crippen LogP contribution in [0.25, 0.3) is 5.57 Å². The lowest BCUT2D eigenvalue weighted by molar-refractivity contribution is -0.138. The van der Waals surface area contributed by atoms with Gasteiger partial charge in [0, 0.05) is 28.0 Å². The summed E-state index contributed by atoms with van der Waals surface area (Å²) in [6.45, 7) is 0.0181. The van der Waals surface area contributed by atoms with Gasteiger partial charge in [0.2, 0.25) is 0 Å². The van der Waals surface area contributed by atoms with Crippen molar-refractivity contribution >= 4 is 17.3 Å². The lowest BCUT2D eigenvalue weighted by Gasteiger charge is -2.12. The lowest BCUT2D eigenvalue weighted by atomic mass is 10.00. The van der Waals surface area contributed by atoms with Crippen LogP contribution in [-0.4, -0.2) is 21.9 Å². The second-order valence-corrected chi connectivity index (χ2v) is 7.81. The van der Waals surface area contributed by atoms with Crippen molar-refractivity contribution in [1.29, 1.82) is 0 Å². The summed E-state index contributed by atoms with van der Waals surface area (Å²) in [5.41, 5.74) is -0.583. The maximum Gasteiger partial charge on any atom is 0.421 e. The minimum absolute atomic E-state index is 0.0181. The van der Waals surface area contributed by atoms with Crippen LogP contribution in [-0.2, 0) is 6.18 Å². The van der Waals surface area contributed by atoms with Gasteiger partial charge in [0.15, 0.2) is 0 Å². The van der Waals surface area contributed by atoms with Crippen LogP contribution in [0, 0.1) is 0 Å². The number of halogens is 3. The predicted molar refractivity (Wildman–Crippen MR) is 101 cm³/mol.